The molecule has 1 heterocycles. The van der Waals surface area contributed by atoms with Crippen LogP contribution in [0.15, 0.2) is 0 Å². The second-order valence-corrected chi connectivity index (χ2v) is 4.95. The summed E-state index contributed by atoms with van der Waals surface area (Å²) >= 11 is 0. The molecule has 0 radical (unpaired) electrons. The SMILES string of the molecule is CC(=O)O.CC(C)(C)OC(=O)N1CCC1C(=N)N. The van der Waals surface area contributed by atoms with Crippen molar-refractivity contribution < 1.29 is 19.4 Å². The summed E-state index contributed by atoms with van der Waals surface area (Å²) in [7, 11) is 0. The lowest BCUT2D eigenvalue weighted by atomic mass is 10.0. The van der Waals surface area contributed by atoms with Gasteiger partial charge in [-0.3, -0.25) is 15.1 Å². The highest BCUT2D eigenvalue weighted by atomic mass is 16.6. The molecule has 7 heteroatoms. The molecular weight excluding hydrogens is 238 g/mol. The number of hydrogen-bond donors (Lipinski definition) is 3. The number of nitrogens with zero attached hydrogens (tertiary/aromatic N) is 1. The molecule has 1 atom stereocenters. The van der Waals surface area contributed by atoms with Crippen LogP contribution in [0.3, 0.4) is 0 Å². The Morgan fingerprint density at radius 3 is 2.11 bits per heavy atom. The van der Waals surface area contributed by atoms with Crippen molar-refractivity contribution in [3.8, 4) is 0 Å². The van der Waals surface area contributed by atoms with E-state index in [4.69, 9.17) is 25.8 Å². The third-order valence-electron chi connectivity index (χ3n) is 2.01. The zero-order chi connectivity index (χ0) is 14.5. The van der Waals surface area contributed by atoms with E-state index in [-0.39, 0.29) is 18.0 Å². The van der Waals surface area contributed by atoms with E-state index < -0.39 is 11.6 Å². The third-order valence-corrected chi connectivity index (χ3v) is 2.01. The minimum Gasteiger partial charge on any atom is -0.481 e. The van der Waals surface area contributed by atoms with E-state index in [0.717, 1.165) is 13.3 Å². The fourth-order valence-corrected chi connectivity index (χ4v) is 1.25. The molecule has 0 saturated carbocycles. The summed E-state index contributed by atoms with van der Waals surface area (Å²) in [6, 6.07) is -0.259. The maximum absolute atomic E-state index is 11.5. The molecule has 1 rings (SSSR count). The molecule has 0 aromatic heterocycles. The summed E-state index contributed by atoms with van der Waals surface area (Å²) in [5, 5.41) is 14.7. The van der Waals surface area contributed by atoms with Crippen LogP contribution in [-0.4, -0.2) is 46.1 Å². The van der Waals surface area contributed by atoms with Crippen LogP contribution < -0.4 is 5.73 Å². The van der Waals surface area contributed by atoms with Gasteiger partial charge in [0.25, 0.3) is 5.97 Å². The van der Waals surface area contributed by atoms with E-state index in [2.05, 4.69) is 0 Å². The Balaban J connectivity index is 0.000000631. The van der Waals surface area contributed by atoms with E-state index in [1.54, 1.807) is 0 Å². The molecule has 0 aromatic carbocycles. The Bertz CT molecular complexity index is 332. The van der Waals surface area contributed by atoms with Crippen LogP contribution in [0.1, 0.15) is 34.1 Å². The number of carbonyl (C=O) groups excluding carboxylic acids is 1. The van der Waals surface area contributed by atoms with Crippen LogP contribution in [0.25, 0.3) is 0 Å². The highest BCUT2D eigenvalue weighted by molar-refractivity contribution is 5.88. The van der Waals surface area contributed by atoms with Crippen molar-refractivity contribution in [1.29, 1.82) is 5.41 Å². The summed E-state index contributed by atoms with van der Waals surface area (Å²) in [4.78, 5) is 22.0. The summed E-state index contributed by atoms with van der Waals surface area (Å²) in [5.41, 5.74) is 4.83. The van der Waals surface area contributed by atoms with Gasteiger partial charge in [0.1, 0.15) is 11.4 Å². The Hall–Kier alpha value is -1.79. The van der Waals surface area contributed by atoms with Gasteiger partial charge >= 0.3 is 6.09 Å². The number of likely N-dealkylation sites (tertiary alicyclic amines) is 1. The van der Waals surface area contributed by atoms with E-state index in [0.29, 0.717) is 6.54 Å². The maximum Gasteiger partial charge on any atom is 0.410 e. The van der Waals surface area contributed by atoms with Gasteiger partial charge in [-0.1, -0.05) is 0 Å². The number of amides is 1. The molecule has 18 heavy (non-hydrogen) atoms. The van der Waals surface area contributed by atoms with Crippen molar-refractivity contribution in [1.82, 2.24) is 4.90 Å². The number of ether oxygens (including phenoxy) is 1. The molecule has 1 amide bonds. The lowest BCUT2D eigenvalue weighted by Gasteiger charge is -2.40. The van der Waals surface area contributed by atoms with Crippen molar-refractivity contribution >= 4 is 17.9 Å². The Morgan fingerprint density at radius 2 is 1.89 bits per heavy atom. The topological polar surface area (TPSA) is 117 Å². The highest BCUT2D eigenvalue weighted by Gasteiger charge is 2.36. The maximum atomic E-state index is 11.5. The Morgan fingerprint density at radius 1 is 1.44 bits per heavy atom. The van der Waals surface area contributed by atoms with Crippen molar-refractivity contribution in [3.63, 3.8) is 0 Å². The fraction of sp³-hybridized carbons (Fsp3) is 0.727. The first-order chi connectivity index (χ1) is 8.04. The van der Waals surface area contributed by atoms with Crippen molar-refractivity contribution in [2.24, 2.45) is 5.73 Å². The van der Waals surface area contributed by atoms with Gasteiger partial charge in [0.05, 0.1) is 6.04 Å². The number of carboxylic acids is 1. The number of hydrogen-bond acceptors (Lipinski definition) is 4. The zero-order valence-electron chi connectivity index (χ0n) is 11.2. The quantitative estimate of drug-likeness (QED) is 0.480. The molecule has 0 bridgehead atoms. The van der Waals surface area contributed by atoms with E-state index in [1.165, 1.54) is 4.90 Å². The molecule has 1 fully saturated rings. The van der Waals surface area contributed by atoms with E-state index >= 15 is 0 Å². The van der Waals surface area contributed by atoms with Crippen LogP contribution in [0.2, 0.25) is 0 Å². The molecule has 4 N–H and O–H groups in total. The normalized spacial score (nSPS) is 18.0. The summed E-state index contributed by atoms with van der Waals surface area (Å²) in [6.07, 6.45) is 0.373. The molecule has 7 nitrogen and oxygen atoms in total. The summed E-state index contributed by atoms with van der Waals surface area (Å²) in [5.74, 6) is -0.804. The predicted octanol–water partition coefficient (Wildman–Crippen LogP) is 1.02. The van der Waals surface area contributed by atoms with Gasteiger partial charge in [-0.25, -0.2) is 4.79 Å². The number of aliphatic carboxylic acids is 1. The Kier molecular flexibility index (Phi) is 5.61. The third kappa shape index (κ3) is 6.07. The van der Waals surface area contributed by atoms with Gasteiger partial charge in [0, 0.05) is 13.5 Å². The van der Waals surface area contributed by atoms with Crippen LogP contribution in [0, 0.1) is 5.41 Å². The van der Waals surface area contributed by atoms with Gasteiger partial charge < -0.3 is 15.6 Å². The summed E-state index contributed by atoms with van der Waals surface area (Å²) < 4.78 is 5.16. The van der Waals surface area contributed by atoms with Crippen LogP contribution in [-0.2, 0) is 9.53 Å². The molecular formula is C11H21N3O4. The molecule has 0 spiro atoms. The van der Waals surface area contributed by atoms with Crippen molar-refractivity contribution in [2.75, 3.05) is 6.54 Å². The van der Waals surface area contributed by atoms with E-state index in [1.807, 2.05) is 20.8 Å². The number of carboxylic acid groups (broad SMARTS) is 1. The highest BCUT2D eigenvalue weighted by Crippen LogP contribution is 2.20. The zero-order valence-corrected chi connectivity index (χ0v) is 11.2. The number of nitrogens with one attached hydrogen (secondary N) is 1. The lowest BCUT2D eigenvalue weighted by molar-refractivity contribution is -0.134. The minimum absolute atomic E-state index is 0.0297. The van der Waals surface area contributed by atoms with Gasteiger partial charge in [-0.2, -0.15) is 0 Å². The smallest absolute Gasteiger partial charge is 0.410 e. The first-order valence-electron chi connectivity index (χ1n) is 5.57. The Labute approximate surface area is 106 Å². The number of rotatable bonds is 1. The standard InChI is InChI=1S/C9H17N3O2.C2H4O2/c1-9(2,3)14-8(13)12-5-4-6(12)7(10)11;1-2(3)4/h6H,4-5H2,1-3H3,(H3,10,11);1H3,(H,3,4). The second-order valence-electron chi connectivity index (χ2n) is 4.95. The lowest BCUT2D eigenvalue weighted by Crippen LogP contribution is -2.58. The summed E-state index contributed by atoms with van der Waals surface area (Å²) in [6.45, 7) is 7.15. The monoisotopic (exact) mass is 259 g/mol. The average molecular weight is 259 g/mol. The fourth-order valence-electron chi connectivity index (χ4n) is 1.25. The number of carbonyl (C=O) groups is 2. The average Bonchev–Trinajstić information content (AvgIpc) is 1.93. The molecule has 104 valence electrons. The van der Waals surface area contributed by atoms with Crippen molar-refractivity contribution in [2.45, 2.75) is 45.8 Å². The number of nitrogens with two attached hydrogens (primary N) is 1. The minimum atomic E-state index is -0.833. The number of amidine groups is 1. The predicted molar refractivity (Wildman–Crippen MR) is 66.6 cm³/mol. The van der Waals surface area contributed by atoms with Gasteiger partial charge in [0.15, 0.2) is 0 Å². The largest absolute Gasteiger partial charge is 0.481 e. The first-order valence-corrected chi connectivity index (χ1v) is 5.57. The second kappa shape index (κ2) is 6.23. The van der Waals surface area contributed by atoms with Gasteiger partial charge in [0.2, 0.25) is 0 Å². The van der Waals surface area contributed by atoms with Crippen LogP contribution in [0.4, 0.5) is 4.79 Å². The molecule has 0 aliphatic carbocycles. The van der Waals surface area contributed by atoms with Crippen molar-refractivity contribution in [3.05, 3.63) is 0 Å². The molecule has 1 aliphatic heterocycles. The van der Waals surface area contributed by atoms with Gasteiger partial charge in [-0.15, -0.1) is 0 Å². The van der Waals surface area contributed by atoms with Gasteiger partial charge in [-0.05, 0) is 27.2 Å². The molecule has 1 unspecified atom stereocenters. The van der Waals surface area contributed by atoms with Crippen LogP contribution >= 0.6 is 0 Å². The first kappa shape index (κ1) is 16.2. The van der Waals surface area contributed by atoms with Crippen LogP contribution in [0.5, 0.6) is 0 Å². The molecule has 1 saturated heterocycles. The molecule has 1 aliphatic rings. The van der Waals surface area contributed by atoms with E-state index in [9.17, 15) is 4.79 Å². The molecule has 0 aromatic rings.